The molecule has 1 aliphatic heterocycles. The molecule has 0 atom stereocenters. The van der Waals surface area contributed by atoms with Gasteiger partial charge in [-0.05, 0) is 19.8 Å². The summed E-state index contributed by atoms with van der Waals surface area (Å²) in [7, 11) is 0. The molecule has 150 valence electrons. The van der Waals surface area contributed by atoms with Crippen LogP contribution in [0, 0.1) is 0 Å². The van der Waals surface area contributed by atoms with Gasteiger partial charge in [0, 0.05) is 25.7 Å². The Labute approximate surface area is 163 Å². The van der Waals surface area contributed by atoms with Gasteiger partial charge in [-0.1, -0.05) is 31.0 Å². The molecular formula is C17H28N6O3S. The summed E-state index contributed by atoms with van der Waals surface area (Å²) in [5.74, 6) is 0.602. The number of morpholine rings is 1. The quantitative estimate of drug-likeness (QED) is 0.701. The monoisotopic (exact) mass is 396 g/mol. The summed E-state index contributed by atoms with van der Waals surface area (Å²) in [5, 5.41) is 14.5. The van der Waals surface area contributed by atoms with Gasteiger partial charge in [0.25, 0.3) is 0 Å². The highest BCUT2D eigenvalue weighted by atomic mass is 32.2. The molecule has 2 heterocycles. The molecule has 1 saturated heterocycles. The van der Waals surface area contributed by atoms with Gasteiger partial charge >= 0.3 is 6.03 Å². The lowest BCUT2D eigenvalue weighted by molar-refractivity contribution is -0.117. The molecule has 0 radical (unpaired) electrons. The Balaban J connectivity index is 1.48. The molecular weight excluding hydrogens is 368 g/mol. The summed E-state index contributed by atoms with van der Waals surface area (Å²) in [6.07, 6.45) is 5.46. The van der Waals surface area contributed by atoms with Crippen molar-refractivity contribution in [1.29, 1.82) is 0 Å². The molecule has 1 aromatic rings. The van der Waals surface area contributed by atoms with E-state index in [1.54, 1.807) is 0 Å². The second kappa shape index (κ2) is 9.93. The van der Waals surface area contributed by atoms with Crippen molar-refractivity contribution in [3.8, 4) is 0 Å². The van der Waals surface area contributed by atoms with Crippen LogP contribution in [0.3, 0.4) is 0 Å². The molecule has 2 N–H and O–H groups in total. The summed E-state index contributed by atoms with van der Waals surface area (Å²) in [4.78, 5) is 26.2. The minimum Gasteiger partial charge on any atom is -0.378 e. The first-order chi connectivity index (χ1) is 13.2. The van der Waals surface area contributed by atoms with Crippen LogP contribution in [0.15, 0.2) is 5.16 Å². The number of imide groups is 1. The Morgan fingerprint density at radius 2 is 1.93 bits per heavy atom. The molecule has 2 fully saturated rings. The fourth-order valence-corrected chi connectivity index (χ4v) is 4.22. The largest absolute Gasteiger partial charge is 0.378 e. The third-order valence-electron chi connectivity index (χ3n) is 4.83. The van der Waals surface area contributed by atoms with Gasteiger partial charge in [0.2, 0.25) is 11.9 Å². The van der Waals surface area contributed by atoms with Crippen molar-refractivity contribution in [1.82, 2.24) is 25.4 Å². The van der Waals surface area contributed by atoms with E-state index in [1.807, 2.05) is 11.5 Å². The second-order valence-corrected chi connectivity index (χ2v) is 7.71. The number of amides is 3. The van der Waals surface area contributed by atoms with E-state index in [0.29, 0.717) is 24.9 Å². The zero-order chi connectivity index (χ0) is 19.1. The highest BCUT2D eigenvalue weighted by molar-refractivity contribution is 7.99. The van der Waals surface area contributed by atoms with E-state index in [4.69, 9.17) is 4.74 Å². The summed E-state index contributed by atoms with van der Waals surface area (Å²) < 4.78 is 7.37. The Morgan fingerprint density at radius 1 is 1.19 bits per heavy atom. The summed E-state index contributed by atoms with van der Waals surface area (Å²) >= 11 is 1.29. The standard InChI is InChI=1S/C17H28N6O3S/c1-2-23-16(22-8-10-26-11-9-22)20-21-17(23)27-12-14(24)19-15(25)18-13-6-4-3-5-7-13/h13H,2-12H2,1H3,(H2,18,19,24,25). The zero-order valence-corrected chi connectivity index (χ0v) is 16.6. The van der Waals surface area contributed by atoms with Crippen LogP contribution >= 0.6 is 11.8 Å². The molecule has 3 amide bonds. The topological polar surface area (TPSA) is 101 Å². The maximum Gasteiger partial charge on any atom is 0.321 e. The Kier molecular flexibility index (Phi) is 7.33. The average molecular weight is 397 g/mol. The molecule has 10 heteroatoms. The van der Waals surface area contributed by atoms with E-state index < -0.39 is 6.03 Å². The number of nitrogens with one attached hydrogen (secondary N) is 2. The van der Waals surface area contributed by atoms with Crippen molar-refractivity contribution in [3.05, 3.63) is 0 Å². The van der Waals surface area contributed by atoms with Crippen LogP contribution in [0.5, 0.6) is 0 Å². The van der Waals surface area contributed by atoms with E-state index in [-0.39, 0.29) is 17.7 Å². The van der Waals surface area contributed by atoms with E-state index in [2.05, 4.69) is 25.7 Å². The van der Waals surface area contributed by atoms with Gasteiger partial charge in [-0.15, -0.1) is 10.2 Å². The number of nitrogens with zero attached hydrogens (tertiary/aromatic N) is 4. The molecule has 1 aromatic heterocycles. The van der Waals surface area contributed by atoms with Gasteiger partial charge in [0.1, 0.15) is 0 Å². The maximum absolute atomic E-state index is 12.1. The van der Waals surface area contributed by atoms with Crippen LogP contribution in [0.2, 0.25) is 0 Å². The molecule has 27 heavy (non-hydrogen) atoms. The van der Waals surface area contributed by atoms with Crippen molar-refractivity contribution in [2.24, 2.45) is 0 Å². The van der Waals surface area contributed by atoms with Crippen LogP contribution in [0.4, 0.5) is 10.7 Å². The first kappa shape index (κ1) is 19.9. The maximum atomic E-state index is 12.1. The summed E-state index contributed by atoms with van der Waals surface area (Å²) in [6, 6.07) is -0.225. The first-order valence-corrected chi connectivity index (χ1v) is 10.6. The van der Waals surface area contributed by atoms with Gasteiger partial charge in [-0.25, -0.2) is 4.79 Å². The number of carbonyl (C=O) groups is 2. The highest BCUT2D eigenvalue weighted by Gasteiger charge is 2.21. The van der Waals surface area contributed by atoms with E-state index in [0.717, 1.165) is 44.7 Å². The number of hydrogen-bond donors (Lipinski definition) is 2. The molecule has 2 aliphatic rings. The van der Waals surface area contributed by atoms with Crippen LogP contribution in [-0.2, 0) is 16.1 Å². The third-order valence-corrected chi connectivity index (χ3v) is 5.80. The van der Waals surface area contributed by atoms with Crippen LogP contribution in [0.25, 0.3) is 0 Å². The van der Waals surface area contributed by atoms with Crippen LogP contribution < -0.4 is 15.5 Å². The van der Waals surface area contributed by atoms with E-state index >= 15 is 0 Å². The highest BCUT2D eigenvalue weighted by Crippen LogP contribution is 2.22. The van der Waals surface area contributed by atoms with Crippen molar-refractivity contribution >= 4 is 29.6 Å². The van der Waals surface area contributed by atoms with Crippen molar-refractivity contribution < 1.29 is 14.3 Å². The number of aromatic nitrogens is 3. The lowest BCUT2D eigenvalue weighted by atomic mass is 9.96. The number of urea groups is 1. The van der Waals surface area contributed by atoms with Gasteiger partial charge in [0.15, 0.2) is 5.16 Å². The van der Waals surface area contributed by atoms with Crippen molar-refractivity contribution in [2.45, 2.75) is 56.8 Å². The first-order valence-electron chi connectivity index (χ1n) is 9.66. The SMILES string of the molecule is CCn1c(SCC(=O)NC(=O)NC2CCCCC2)nnc1N1CCOCC1. The van der Waals surface area contributed by atoms with Gasteiger partial charge in [0.05, 0.1) is 19.0 Å². The molecule has 3 rings (SSSR count). The lowest BCUT2D eigenvalue weighted by Gasteiger charge is -2.27. The minimum absolute atomic E-state index is 0.124. The number of rotatable bonds is 6. The van der Waals surface area contributed by atoms with Crippen molar-refractivity contribution in [2.75, 3.05) is 37.0 Å². The average Bonchev–Trinajstić information content (AvgIpc) is 3.10. The third kappa shape index (κ3) is 5.58. The van der Waals surface area contributed by atoms with E-state index in [9.17, 15) is 9.59 Å². The Hall–Kier alpha value is -1.81. The zero-order valence-electron chi connectivity index (χ0n) is 15.8. The molecule has 0 unspecified atom stereocenters. The number of anilines is 1. The molecule has 0 aromatic carbocycles. The van der Waals surface area contributed by atoms with Crippen LogP contribution in [0.1, 0.15) is 39.0 Å². The van der Waals surface area contributed by atoms with Gasteiger partial charge in [-0.3, -0.25) is 14.7 Å². The fraction of sp³-hybridized carbons (Fsp3) is 0.765. The molecule has 0 spiro atoms. The predicted octanol–water partition coefficient (Wildman–Crippen LogP) is 1.39. The number of hydrogen-bond acceptors (Lipinski definition) is 7. The minimum atomic E-state index is -0.404. The molecule has 1 aliphatic carbocycles. The van der Waals surface area contributed by atoms with Gasteiger partial charge < -0.3 is 15.0 Å². The summed E-state index contributed by atoms with van der Waals surface area (Å²) in [6.45, 7) is 5.66. The molecule has 0 bridgehead atoms. The number of thioether (sulfide) groups is 1. The fourth-order valence-electron chi connectivity index (χ4n) is 3.42. The van der Waals surface area contributed by atoms with Crippen LogP contribution in [-0.4, -0.2) is 64.8 Å². The number of carbonyl (C=O) groups excluding carboxylic acids is 2. The Bertz CT molecular complexity index is 641. The van der Waals surface area contributed by atoms with Gasteiger partial charge in [-0.2, -0.15) is 0 Å². The normalized spacial score (nSPS) is 18.3. The summed E-state index contributed by atoms with van der Waals surface area (Å²) in [5.41, 5.74) is 0. The lowest BCUT2D eigenvalue weighted by Crippen LogP contribution is -2.45. The van der Waals surface area contributed by atoms with E-state index in [1.165, 1.54) is 18.2 Å². The predicted molar refractivity (Wildman–Crippen MR) is 103 cm³/mol. The molecule has 9 nitrogen and oxygen atoms in total. The van der Waals surface area contributed by atoms with Crippen molar-refractivity contribution in [3.63, 3.8) is 0 Å². The smallest absolute Gasteiger partial charge is 0.321 e. The number of ether oxygens (including phenoxy) is 1. The second-order valence-electron chi connectivity index (χ2n) is 6.77. The Morgan fingerprint density at radius 3 is 2.63 bits per heavy atom. The molecule has 1 saturated carbocycles.